The number of hydrogen-bond donors (Lipinski definition) is 0. The van der Waals surface area contributed by atoms with Gasteiger partial charge >= 0.3 is 0 Å². The largest absolute Gasteiger partial charge is 0.307 e. The number of para-hydroxylation sites is 2. The Hall–Kier alpha value is -3.51. The highest BCUT2D eigenvalue weighted by Crippen LogP contribution is 2.37. The molecule has 0 saturated carbocycles. The van der Waals surface area contributed by atoms with Gasteiger partial charge in [-0.15, -0.1) is 0 Å². The molecule has 0 bridgehead atoms. The molecular formula is C24H19ClN4O2. The average molecular weight is 431 g/mol. The van der Waals surface area contributed by atoms with Gasteiger partial charge in [-0.3, -0.25) is 14.5 Å². The number of benzene rings is 2. The van der Waals surface area contributed by atoms with Crippen LogP contribution in [0.5, 0.6) is 0 Å². The van der Waals surface area contributed by atoms with Crippen LogP contribution in [0.1, 0.15) is 35.8 Å². The van der Waals surface area contributed by atoms with E-state index in [-0.39, 0.29) is 17.9 Å². The molecule has 2 amide bonds. The van der Waals surface area contributed by atoms with Crippen molar-refractivity contribution in [3.63, 3.8) is 0 Å². The molecule has 6 nitrogen and oxygen atoms in total. The number of aromatic nitrogens is 3. The number of carbonyl (C=O) groups is 2. The van der Waals surface area contributed by atoms with Crippen LogP contribution in [0.4, 0.5) is 0 Å². The molecule has 1 aliphatic rings. The van der Waals surface area contributed by atoms with E-state index < -0.39 is 6.04 Å². The third-order valence-corrected chi connectivity index (χ3v) is 5.74. The summed E-state index contributed by atoms with van der Waals surface area (Å²) in [5, 5.41) is 0.338. The summed E-state index contributed by atoms with van der Waals surface area (Å²) in [5.74, 6) is 0.0461. The van der Waals surface area contributed by atoms with Crippen LogP contribution in [0.3, 0.4) is 0 Å². The van der Waals surface area contributed by atoms with Gasteiger partial charge in [0.2, 0.25) is 0 Å². The van der Waals surface area contributed by atoms with E-state index in [9.17, 15) is 9.59 Å². The number of amides is 2. The first-order valence-corrected chi connectivity index (χ1v) is 10.4. The van der Waals surface area contributed by atoms with Gasteiger partial charge in [-0.2, -0.15) is 0 Å². The fraction of sp³-hybridized carbons (Fsp3) is 0.167. The van der Waals surface area contributed by atoms with Gasteiger partial charge in [-0.1, -0.05) is 41.9 Å². The zero-order valence-electron chi connectivity index (χ0n) is 17.0. The van der Waals surface area contributed by atoms with E-state index in [2.05, 4.69) is 4.98 Å². The van der Waals surface area contributed by atoms with E-state index in [4.69, 9.17) is 16.6 Å². The molecule has 1 aliphatic heterocycles. The highest BCUT2D eigenvalue weighted by molar-refractivity contribution is 6.29. The zero-order valence-corrected chi connectivity index (χ0v) is 17.7. The van der Waals surface area contributed by atoms with E-state index in [0.717, 1.165) is 16.6 Å². The quantitative estimate of drug-likeness (QED) is 0.348. The van der Waals surface area contributed by atoms with Crippen molar-refractivity contribution in [3.8, 4) is 11.4 Å². The molecule has 0 fully saturated rings. The van der Waals surface area contributed by atoms with Gasteiger partial charge in [0.1, 0.15) is 17.0 Å². The summed E-state index contributed by atoms with van der Waals surface area (Å²) in [6.45, 7) is 3.69. The predicted molar refractivity (Wildman–Crippen MR) is 119 cm³/mol. The lowest BCUT2D eigenvalue weighted by Crippen LogP contribution is -2.50. The first-order chi connectivity index (χ1) is 15.0. The molecule has 0 radical (unpaired) electrons. The van der Waals surface area contributed by atoms with Crippen LogP contribution in [-0.2, 0) is 4.79 Å². The number of imide groups is 1. The van der Waals surface area contributed by atoms with E-state index >= 15 is 0 Å². The molecule has 5 rings (SSSR count). The van der Waals surface area contributed by atoms with Gasteiger partial charge in [-0.05, 0) is 49.7 Å². The minimum Gasteiger partial charge on any atom is -0.307 e. The second-order valence-corrected chi connectivity index (χ2v) is 8.15. The van der Waals surface area contributed by atoms with Crippen molar-refractivity contribution < 1.29 is 9.59 Å². The van der Waals surface area contributed by atoms with Gasteiger partial charge in [0, 0.05) is 23.4 Å². The molecule has 2 aromatic heterocycles. The topological polar surface area (TPSA) is 68.1 Å². The fourth-order valence-corrected chi connectivity index (χ4v) is 4.39. The Balaban J connectivity index is 1.85. The molecule has 3 heterocycles. The summed E-state index contributed by atoms with van der Waals surface area (Å²) in [5.41, 5.74) is 3.49. The number of carbonyl (C=O) groups excluding carboxylic acids is 2. The third-order valence-electron chi connectivity index (χ3n) is 5.53. The van der Waals surface area contributed by atoms with Crippen LogP contribution in [0, 0.1) is 0 Å². The first kappa shape index (κ1) is 19.5. The molecule has 2 aromatic carbocycles. The van der Waals surface area contributed by atoms with Crippen LogP contribution in [0.2, 0.25) is 5.15 Å². The highest BCUT2D eigenvalue weighted by Gasteiger charge is 2.42. The Morgan fingerprint density at radius 1 is 1.00 bits per heavy atom. The van der Waals surface area contributed by atoms with Gasteiger partial charge in [-0.25, -0.2) is 9.97 Å². The van der Waals surface area contributed by atoms with Crippen molar-refractivity contribution in [1.29, 1.82) is 0 Å². The number of hydrogen-bond acceptors (Lipinski definition) is 4. The minimum absolute atomic E-state index is 0.273. The van der Waals surface area contributed by atoms with Gasteiger partial charge in [0.15, 0.2) is 0 Å². The standard InChI is InChI=1S/C24H19ClN4O2/c1-14(2)28-23(30)17-8-4-3-7-16(17)21(24(28)31)29-19-10-6-5-9-18(19)27-22(29)15-11-12-26-20(25)13-15/h3-14,21H,1-2H3. The summed E-state index contributed by atoms with van der Waals surface area (Å²) >= 11 is 6.16. The van der Waals surface area contributed by atoms with Crippen molar-refractivity contribution in [3.05, 3.63) is 83.1 Å². The summed E-state index contributed by atoms with van der Waals surface area (Å²) in [4.78, 5) is 37.1. The molecule has 0 saturated heterocycles. The van der Waals surface area contributed by atoms with Crippen molar-refractivity contribution in [2.24, 2.45) is 0 Å². The Morgan fingerprint density at radius 3 is 2.52 bits per heavy atom. The Labute approximate surface area is 184 Å². The number of rotatable bonds is 3. The second kappa shape index (κ2) is 7.32. The normalized spacial score (nSPS) is 16.3. The monoisotopic (exact) mass is 430 g/mol. The number of halogens is 1. The second-order valence-electron chi connectivity index (χ2n) is 7.76. The van der Waals surface area contributed by atoms with E-state index in [0.29, 0.717) is 22.1 Å². The van der Waals surface area contributed by atoms with Crippen molar-refractivity contribution >= 4 is 34.4 Å². The summed E-state index contributed by atoms with van der Waals surface area (Å²) in [6, 6.07) is 17.5. The fourth-order valence-electron chi connectivity index (χ4n) is 4.21. The van der Waals surface area contributed by atoms with Crippen molar-refractivity contribution in [2.75, 3.05) is 0 Å². The molecule has 1 atom stereocenters. The lowest BCUT2D eigenvalue weighted by atomic mass is 9.92. The number of pyridine rings is 1. The maximum Gasteiger partial charge on any atom is 0.261 e. The Bertz CT molecular complexity index is 1340. The van der Waals surface area contributed by atoms with E-state index in [1.807, 2.05) is 66.9 Å². The summed E-state index contributed by atoms with van der Waals surface area (Å²) in [6.07, 6.45) is 1.61. The van der Waals surface area contributed by atoms with Crippen LogP contribution >= 0.6 is 11.6 Å². The molecule has 0 N–H and O–H groups in total. The molecule has 0 spiro atoms. The van der Waals surface area contributed by atoms with Crippen LogP contribution in [0.25, 0.3) is 22.4 Å². The molecular weight excluding hydrogens is 412 g/mol. The molecule has 1 unspecified atom stereocenters. The van der Waals surface area contributed by atoms with Crippen molar-refractivity contribution in [2.45, 2.75) is 25.9 Å². The number of fused-ring (bicyclic) bond motifs is 2. The van der Waals surface area contributed by atoms with Gasteiger partial charge in [0.05, 0.1) is 11.0 Å². The van der Waals surface area contributed by atoms with E-state index in [1.165, 1.54) is 4.90 Å². The van der Waals surface area contributed by atoms with Gasteiger partial charge < -0.3 is 4.57 Å². The van der Waals surface area contributed by atoms with Crippen LogP contribution < -0.4 is 0 Å². The SMILES string of the molecule is CC(C)N1C(=O)c2ccccc2C(n2c(-c3ccnc(Cl)c3)nc3ccccc32)C1=O. The van der Waals surface area contributed by atoms with Crippen molar-refractivity contribution in [1.82, 2.24) is 19.4 Å². The maximum atomic E-state index is 13.8. The molecule has 0 aliphatic carbocycles. The average Bonchev–Trinajstić information content (AvgIpc) is 3.13. The summed E-state index contributed by atoms with van der Waals surface area (Å²) < 4.78 is 1.91. The third kappa shape index (κ3) is 3.02. The van der Waals surface area contributed by atoms with Gasteiger partial charge in [0.25, 0.3) is 11.8 Å². The lowest BCUT2D eigenvalue weighted by molar-refractivity contribution is -0.132. The molecule has 154 valence electrons. The molecule has 7 heteroatoms. The highest BCUT2D eigenvalue weighted by atomic mass is 35.5. The Morgan fingerprint density at radius 2 is 1.74 bits per heavy atom. The minimum atomic E-state index is -0.731. The maximum absolute atomic E-state index is 13.8. The van der Waals surface area contributed by atoms with E-state index in [1.54, 1.807) is 18.3 Å². The van der Waals surface area contributed by atoms with Crippen LogP contribution in [-0.4, -0.2) is 37.3 Å². The smallest absolute Gasteiger partial charge is 0.261 e. The molecule has 4 aromatic rings. The number of imidazole rings is 1. The first-order valence-electron chi connectivity index (χ1n) is 10.0. The zero-order chi connectivity index (χ0) is 21.7. The number of nitrogens with zero attached hydrogens (tertiary/aromatic N) is 4. The Kier molecular flexibility index (Phi) is 4.59. The van der Waals surface area contributed by atoms with Crippen LogP contribution in [0.15, 0.2) is 66.9 Å². The molecule has 31 heavy (non-hydrogen) atoms. The predicted octanol–water partition coefficient (Wildman–Crippen LogP) is 4.73. The summed E-state index contributed by atoms with van der Waals surface area (Å²) in [7, 11) is 0. The lowest BCUT2D eigenvalue weighted by Gasteiger charge is -2.36.